The van der Waals surface area contributed by atoms with Gasteiger partial charge in [-0.05, 0) is 65.1 Å². The summed E-state index contributed by atoms with van der Waals surface area (Å²) in [6, 6.07) is -7.57. The van der Waals surface area contributed by atoms with E-state index in [4.69, 9.17) is 33.5 Å². The Hall–Kier alpha value is -6.06. The second-order valence-corrected chi connectivity index (χ2v) is 10.1. The average molecular weight is 597 g/mol. The molecule has 0 N–H and O–H groups in total. The third-order valence-corrected chi connectivity index (χ3v) is 7.69. The lowest BCUT2D eigenvalue weighted by Crippen LogP contribution is -1.94. The number of benzene rings is 7. The first-order valence-corrected chi connectivity index (χ1v) is 13.6. The minimum atomic E-state index is -0.756. The first-order valence-electron chi connectivity index (χ1n) is 24.1. The van der Waals surface area contributed by atoms with Gasteiger partial charge in [0.2, 0.25) is 0 Å². The maximum Gasteiger partial charge on any atom is 0.160 e. The highest BCUT2D eigenvalue weighted by molar-refractivity contribution is 6.21. The van der Waals surface area contributed by atoms with Crippen LogP contribution in [0.1, 0.15) is 28.8 Å². The molecule has 0 aliphatic carbocycles. The van der Waals surface area contributed by atoms with Crippen LogP contribution in [-0.4, -0.2) is 4.57 Å². The van der Waals surface area contributed by atoms with Gasteiger partial charge in [0.05, 0.1) is 39.8 Å². The summed E-state index contributed by atoms with van der Waals surface area (Å²) < 4.78 is 197. The smallest absolute Gasteiger partial charge is 0.160 e. The van der Waals surface area contributed by atoms with Crippen LogP contribution in [0, 0.1) is 0 Å². The number of rotatable bonds is 3. The van der Waals surface area contributed by atoms with Crippen LogP contribution >= 0.6 is 0 Å². The molecule has 45 heavy (non-hydrogen) atoms. The Bertz CT molecular complexity index is 3910. The van der Waals surface area contributed by atoms with Crippen molar-refractivity contribution < 1.29 is 37.6 Å². The largest absolute Gasteiger partial charge is 0.455 e. The molecule has 3 nitrogen and oxygen atoms in total. The van der Waals surface area contributed by atoms with Crippen LogP contribution in [-0.2, 0) is 0 Å². The van der Waals surface area contributed by atoms with Gasteiger partial charge in [0, 0.05) is 43.6 Å². The molecule has 0 unspecified atom stereocenters. The molecule has 0 radical (unpaired) electrons. The van der Waals surface area contributed by atoms with E-state index in [9.17, 15) is 4.11 Å². The van der Waals surface area contributed by atoms with Crippen LogP contribution in [0.25, 0.3) is 93.6 Å². The van der Waals surface area contributed by atoms with Gasteiger partial charge in [-0.1, -0.05) is 103 Å². The van der Waals surface area contributed by atoms with Gasteiger partial charge in [-0.3, -0.25) is 0 Å². The van der Waals surface area contributed by atoms with Crippen molar-refractivity contribution in [3.63, 3.8) is 0 Å². The summed E-state index contributed by atoms with van der Waals surface area (Å²) in [5, 5.41) is -1.21. The van der Waals surface area contributed by atoms with Crippen molar-refractivity contribution in [3.05, 3.63) is 151 Å². The number of aromatic nitrogens is 1. The SMILES string of the molecule is [2H]c1c([2H])c([2H])c(-c2c([2H])c(-c3ccc(-n4c5c([2H])c([2H])c([2H])c([2H])c5c5c([2H])c([2H])c6c(oc7c([2H])c([2H])c([2H])c([2H])c76)c54)cc3)c([2H])c3c2oc2c([2H])c([2H])c([2H])c([2H])c23)c([2H])c1[2H]. The Morgan fingerprint density at radius 3 is 1.84 bits per heavy atom. The molecule has 0 atom stereocenters. The summed E-state index contributed by atoms with van der Waals surface area (Å²) >= 11 is 0. The summed E-state index contributed by atoms with van der Waals surface area (Å²) in [7, 11) is 0. The summed E-state index contributed by atoms with van der Waals surface area (Å²) in [4.78, 5) is 0. The topological polar surface area (TPSA) is 31.2 Å². The fraction of sp³-hybridized carbons (Fsp3) is 0. The van der Waals surface area contributed by atoms with Crippen molar-refractivity contribution in [1.82, 2.24) is 4.57 Å². The lowest BCUT2D eigenvalue weighted by atomic mass is 9.95. The highest BCUT2D eigenvalue weighted by Crippen LogP contribution is 2.42. The molecule has 0 saturated heterocycles. The molecule has 3 aromatic heterocycles. The summed E-state index contributed by atoms with van der Waals surface area (Å²) in [6.45, 7) is 0. The van der Waals surface area contributed by atoms with E-state index >= 15 is 0 Å². The lowest BCUT2D eigenvalue weighted by molar-refractivity contribution is 0.670. The molecule has 10 aromatic rings. The van der Waals surface area contributed by atoms with Crippen LogP contribution in [0.2, 0.25) is 0 Å². The van der Waals surface area contributed by atoms with Gasteiger partial charge in [0.15, 0.2) is 5.58 Å². The Balaban J connectivity index is 1.34. The minimum Gasteiger partial charge on any atom is -0.455 e. The van der Waals surface area contributed by atoms with Gasteiger partial charge in [-0.25, -0.2) is 0 Å². The number of fused-ring (bicyclic) bond motifs is 10. The van der Waals surface area contributed by atoms with Gasteiger partial charge in [-0.2, -0.15) is 0 Å². The van der Waals surface area contributed by atoms with Crippen LogP contribution in [0.5, 0.6) is 0 Å². The second kappa shape index (κ2) is 9.22. The molecule has 210 valence electrons. The van der Waals surface area contributed by atoms with E-state index in [0.29, 0.717) is 0 Å². The van der Waals surface area contributed by atoms with E-state index in [1.807, 2.05) is 0 Å². The van der Waals surface area contributed by atoms with E-state index in [1.165, 1.54) is 28.8 Å². The van der Waals surface area contributed by atoms with E-state index in [0.717, 1.165) is 0 Å². The highest BCUT2D eigenvalue weighted by atomic mass is 16.3. The molecule has 0 saturated carbocycles. The molecule has 3 heteroatoms. The fourth-order valence-electron chi connectivity index (χ4n) is 5.75. The van der Waals surface area contributed by atoms with Gasteiger partial charge < -0.3 is 13.4 Å². The maximum atomic E-state index is 9.57. The van der Waals surface area contributed by atoms with Crippen molar-refractivity contribution in [2.75, 3.05) is 0 Å². The molecule has 0 fully saturated rings. The minimum absolute atomic E-state index is 0.0780. The first-order chi connectivity index (χ1) is 31.1. The Morgan fingerprint density at radius 1 is 0.444 bits per heavy atom. The van der Waals surface area contributed by atoms with E-state index in [-0.39, 0.29) is 71.3 Å². The molecule has 10 rings (SSSR count). The van der Waals surface area contributed by atoms with Gasteiger partial charge >= 0.3 is 0 Å². The average Bonchev–Trinajstić information content (AvgIpc) is 4.01. The van der Waals surface area contributed by atoms with Gasteiger partial charge in [0.1, 0.15) is 16.7 Å². The molecular formula is C42H25NO2. The molecule has 3 heterocycles. The Labute approximate surface area is 287 Å². The quantitative estimate of drug-likeness (QED) is 0.203. The summed E-state index contributed by atoms with van der Waals surface area (Å²) in [5.74, 6) is 0. The highest BCUT2D eigenvalue weighted by Gasteiger charge is 2.19. The zero-order chi connectivity index (χ0) is 47.8. The predicted molar refractivity (Wildman–Crippen MR) is 186 cm³/mol. The van der Waals surface area contributed by atoms with E-state index in [2.05, 4.69) is 0 Å². The molecule has 0 bridgehead atoms. The molecule has 0 aliphatic rings. The second-order valence-electron chi connectivity index (χ2n) is 10.1. The number of nitrogens with zero attached hydrogens (tertiary/aromatic N) is 1. The number of hydrogen-bond acceptors (Lipinski definition) is 2. The number of para-hydroxylation sites is 3. The predicted octanol–water partition coefficient (Wildman–Crippen LogP) is 11.9. The standard InChI is InChI=1S/C42H25NO2/c1-2-10-27(11-3-1)35-24-28(25-36-32-14-6-9-17-39(32)44-41(35)36)26-18-20-29(21-19-26)43-37-15-7-4-12-30(37)33-22-23-34-31-13-5-8-16-38(31)45-42(34)40(33)43/h1-25H/i1D,2D,3D,4D,5D,6D,7D,8D,9D,10D,11D,12D,13D,14D,15D,16D,17D,22D,23D,24D,25D. The van der Waals surface area contributed by atoms with Crippen molar-refractivity contribution in [2.24, 2.45) is 0 Å². The molecule has 0 aliphatic heterocycles. The third-order valence-electron chi connectivity index (χ3n) is 7.69. The third kappa shape index (κ3) is 3.52. The van der Waals surface area contributed by atoms with Crippen LogP contribution in [0.3, 0.4) is 0 Å². The van der Waals surface area contributed by atoms with Crippen molar-refractivity contribution in [3.8, 4) is 27.9 Å². The molecular weight excluding hydrogens is 550 g/mol. The van der Waals surface area contributed by atoms with Crippen LogP contribution in [0.4, 0.5) is 0 Å². The lowest BCUT2D eigenvalue weighted by Gasteiger charge is -2.11. The fourth-order valence-corrected chi connectivity index (χ4v) is 5.75. The summed E-state index contributed by atoms with van der Waals surface area (Å²) in [6.07, 6.45) is 0. The Kier molecular flexibility index (Phi) is 2.42. The van der Waals surface area contributed by atoms with Crippen molar-refractivity contribution in [2.45, 2.75) is 0 Å². The zero-order valence-electron chi connectivity index (χ0n) is 43.6. The van der Waals surface area contributed by atoms with E-state index in [1.54, 1.807) is 0 Å². The molecule has 7 aromatic carbocycles. The molecule has 0 spiro atoms. The normalized spacial score (nSPS) is 18.5. The Morgan fingerprint density at radius 2 is 1.07 bits per heavy atom. The van der Waals surface area contributed by atoms with E-state index < -0.39 is 149 Å². The monoisotopic (exact) mass is 596 g/mol. The van der Waals surface area contributed by atoms with Crippen molar-refractivity contribution >= 4 is 65.7 Å². The van der Waals surface area contributed by atoms with Crippen LogP contribution < -0.4 is 0 Å². The number of hydrogen-bond donors (Lipinski definition) is 0. The van der Waals surface area contributed by atoms with Crippen LogP contribution in [0.15, 0.2) is 160 Å². The van der Waals surface area contributed by atoms with Crippen molar-refractivity contribution in [1.29, 1.82) is 0 Å². The molecule has 0 amide bonds. The first kappa shape index (κ1) is 11.8. The zero-order valence-corrected chi connectivity index (χ0v) is 22.6. The maximum absolute atomic E-state index is 9.57. The number of furan rings is 2. The summed E-state index contributed by atoms with van der Waals surface area (Å²) in [5.41, 5.74) is -2.56. The van der Waals surface area contributed by atoms with Gasteiger partial charge in [0.25, 0.3) is 0 Å². The van der Waals surface area contributed by atoms with Gasteiger partial charge in [-0.15, -0.1) is 0 Å².